The van der Waals surface area contributed by atoms with E-state index >= 15 is 0 Å². The number of nitrogens with one attached hydrogen (secondary N) is 1. The maximum absolute atomic E-state index is 12.4. The third-order valence-electron chi connectivity index (χ3n) is 3.79. The molecule has 0 unspecified atom stereocenters. The molecule has 8 heteroatoms. The molecule has 0 saturated carbocycles. The molecule has 4 rings (SSSR count). The lowest BCUT2D eigenvalue weighted by Crippen LogP contribution is -2.24. The maximum atomic E-state index is 12.4. The molecule has 0 aliphatic carbocycles. The maximum Gasteiger partial charge on any atom is 0.271 e. The van der Waals surface area contributed by atoms with Gasteiger partial charge < -0.3 is 9.72 Å². The Bertz CT molecular complexity index is 1040. The van der Waals surface area contributed by atoms with E-state index in [4.69, 9.17) is 0 Å². The molecule has 0 aliphatic rings. The van der Waals surface area contributed by atoms with Crippen LogP contribution in [0.5, 0.6) is 0 Å². The van der Waals surface area contributed by atoms with Crippen molar-refractivity contribution in [3.63, 3.8) is 0 Å². The van der Waals surface area contributed by atoms with Gasteiger partial charge in [0.1, 0.15) is 24.0 Å². The van der Waals surface area contributed by atoms with Gasteiger partial charge in [0.05, 0.1) is 0 Å². The highest BCUT2D eigenvalue weighted by molar-refractivity contribution is 5.92. The predicted molar refractivity (Wildman–Crippen MR) is 90.3 cm³/mol. The molecule has 4 heterocycles. The Morgan fingerprint density at radius 2 is 2.24 bits per heavy atom. The van der Waals surface area contributed by atoms with Gasteiger partial charge in [0.15, 0.2) is 5.82 Å². The summed E-state index contributed by atoms with van der Waals surface area (Å²) in [6.45, 7) is 2.30. The number of hydrogen-bond donors (Lipinski definition) is 1. The highest BCUT2D eigenvalue weighted by atomic mass is 16.1. The van der Waals surface area contributed by atoms with Gasteiger partial charge in [-0.05, 0) is 30.7 Å². The summed E-state index contributed by atoms with van der Waals surface area (Å²) in [5.74, 6) is 0.390. The molecule has 0 bridgehead atoms. The molecule has 0 atom stereocenters. The van der Waals surface area contributed by atoms with Gasteiger partial charge >= 0.3 is 0 Å². The second-order valence-corrected chi connectivity index (χ2v) is 5.60. The van der Waals surface area contributed by atoms with Crippen molar-refractivity contribution < 1.29 is 4.79 Å². The number of imidazole rings is 1. The fourth-order valence-corrected chi connectivity index (χ4v) is 2.55. The quantitative estimate of drug-likeness (QED) is 0.612. The number of carbonyl (C=O) groups is 1. The van der Waals surface area contributed by atoms with Crippen molar-refractivity contribution >= 4 is 11.6 Å². The number of fused-ring (bicyclic) bond motifs is 1. The van der Waals surface area contributed by atoms with Gasteiger partial charge in [-0.3, -0.25) is 4.79 Å². The highest BCUT2D eigenvalue weighted by Crippen LogP contribution is 2.11. The molecule has 0 saturated heterocycles. The van der Waals surface area contributed by atoms with Crippen LogP contribution in [0.25, 0.3) is 11.5 Å². The van der Waals surface area contributed by atoms with E-state index in [1.54, 1.807) is 23.4 Å². The second-order valence-electron chi connectivity index (χ2n) is 5.60. The van der Waals surface area contributed by atoms with Crippen LogP contribution in [0.4, 0.5) is 0 Å². The van der Waals surface area contributed by atoms with Crippen molar-refractivity contribution in [1.29, 1.82) is 0 Å². The van der Waals surface area contributed by atoms with Gasteiger partial charge in [-0.25, -0.2) is 19.6 Å². The van der Waals surface area contributed by atoms with Gasteiger partial charge in [-0.2, -0.15) is 5.10 Å². The van der Waals surface area contributed by atoms with Crippen molar-refractivity contribution in [1.82, 2.24) is 34.4 Å². The van der Waals surface area contributed by atoms with Gasteiger partial charge in [0.2, 0.25) is 0 Å². The van der Waals surface area contributed by atoms with Crippen molar-refractivity contribution in [3.8, 4) is 5.82 Å². The first-order chi connectivity index (χ1) is 12.2. The van der Waals surface area contributed by atoms with Crippen molar-refractivity contribution in [2.75, 3.05) is 0 Å². The van der Waals surface area contributed by atoms with E-state index in [1.807, 2.05) is 41.8 Å². The number of nitrogens with zero attached hydrogens (tertiary/aromatic N) is 6. The number of carbonyl (C=O) groups excluding carboxylic acids is 1. The largest absolute Gasteiger partial charge is 0.346 e. The number of amides is 1. The van der Waals surface area contributed by atoms with E-state index in [0.29, 0.717) is 18.1 Å². The summed E-state index contributed by atoms with van der Waals surface area (Å²) in [4.78, 5) is 25.0. The van der Waals surface area contributed by atoms with Crippen LogP contribution in [0.15, 0.2) is 55.5 Å². The van der Waals surface area contributed by atoms with E-state index in [1.165, 1.54) is 6.33 Å². The molecule has 124 valence electrons. The molecular weight excluding hydrogens is 318 g/mol. The lowest BCUT2D eigenvalue weighted by atomic mass is 10.2. The average Bonchev–Trinajstić information content (AvgIpc) is 3.29. The Balaban J connectivity index is 1.54. The highest BCUT2D eigenvalue weighted by Gasteiger charge is 2.12. The smallest absolute Gasteiger partial charge is 0.271 e. The molecule has 4 aromatic heterocycles. The Morgan fingerprint density at radius 3 is 3.08 bits per heavy atom. The summed E-state index contributed by atoms with van der Waals surface area (Å²) in [7, 11) is 0. The first-order valence-electron chi connectivity index (χ1n) is 7.73. The van der Waals surface area contributed by atoms with Gasteiger partial charge in [0, 0.05) is 30.7 Å². The third-order valence-corrected chi connectivity index (χ3v) is 3.79. The molecule has 0 radical (unpaired) electrons. The number of hydrogen-bond acceptors (Lipinski definition) is 5. The topological polar surface area (TPSA) is 90.0 Å². The minimum Gasteiger partial charge on any atom is -0.346 e. The SMILES string of the molecule is Cc1ccn2cc(C(=O)NCc3cccnc3-n3cncn3)nc2c1. The van der Waals surface area contributed by atoms with Crippen LogP contribution in [0.2, 0.25) is 0 Å². The van der Waals surface area contributed by atoms with Gasteiger partial charge in [0.25, 0.3) is 5.91 Å². The predicted octanol–water partition coefficient (Wildman–Crippen LogP) is 1.55. The van der Waals surface area contributed by atoms with Crippen LogP contribution < -0.4 is 5.32 Å². The van der Waals surface area contributed by atoms with Crippen LogP contribution in [0.1, 0.15) is 21.6 Å². The van der Waals surface area contributed by atoms with Crippen LogP contribution in [0, 0.1) is 6.92 Å². The Morgan fingerprint density at radius 1 is 1.32 bits per heavy atom. The molecule has 1 amide bonds. The van der Waals surface area contributed by atoms with E-state index in [0.717, 1.165) is 16.8 Å². The minimum atomic E-state index is -0.241. The Kier molecular flexibility index (Phi) is 3.70. The normalized spacial score (nSPS) is 10.9. The fourth-order valence-electron chi connectivity index (χ4n) is 2.55. The number of aromatic nitrogens is 6. The lowest BCUT2D eigenvalue weighted by Gasteiger charge is -2.08. The number of rotatable bonds is 4. The number of aryl methyl sites for hydroxylation is 1. The van der Waals surface area contributed by atoms with Crippen molar-refractivity contribution in [3.05, 3.63) is 72.3 Å². The molecule has 8 nitrogen and oxygen atoms in total. The third kappa shape index (κ3) is 2.97. The van der Waals surface area contributed by atoms with E-state index < -0.39 is 0 Å². The summed E-state index contributed by atoms with van der Waals surface area (Å²) in [6.07, 6.45) is 8.28. The number of pyridine rings is 2. The molecule has 0 spiro atoms. The molecule has 0 fully saturated rings. The molecule has 1 N–H and O–H groups in total. The zero-order chi connectivity index (χ0) is 17.2. The van der Waals surface area contributed by atoms with Crippen molar-refractivity contribution in [2.45, 2.75) is 13.5 Å². The first kappa shape index (κ1) is 15.0. The van der Waals surface area contributed by atoms with E-state index in [9.17, 15) is 4.79 Å². The monoisotopic (exact) mass is 333 g/mol. The van der Waals surface area contributed by atoms with Crippen LogP contribution in [-0.2, 0) is 6.54 Å². The van der Waals surface area contributed by atoms with Crippen molar-refractivity contribution in [2.24, 2.45) is 0 Å². The minimum absolute atomic E-state index is 0.241. The van der Waals surface area contributed by atoms with E-state index in [2.05, 4.69) is 25.4 Å². The molecule has 0 aromatic carbocycles. The fraction of sp³-hybridized carbons (Fsp3) is 0.118. The zero-order valence-corrected chi connectivity index (χ0v) is 13.5. The van der Waals surface area contributed by atoms with Crippen LogP contribution in [0.3, 0.4) is 0 Å². The summed E-state index contributed by atoms with van der Waals surface area (Å²) >= 11 is 0. The van der Waals surface area contributed by atoms with Gasteiger partial charge in [-0.1, -0.05) is 6.07 Å². The molecule has 0 aliphatic heterocycles. The standard InChI is InChI=1S/C17H15N7O/c1-12-4-6-23-9-14(22-15(23)7-12)17(25)20-8-13-3-2-5-19-16(13)24-11-18-10-21-24/h2-7,9-11H,8H2,1H3,(H,20,25). The summed E-state index contributed by atoms with van der Waals surface area (Å²) in [6, 6.07) is 7.60. The second kappa shape index (κ2) is 6.16. The molecular formula is C17H15N7O. The van der Waals surface area contributed by atoms with E-state index in [-0.39, 0.29) is 5.91 Å². The summed E-state index contributed by atoms with van der Waals surface area (Å²) in [5.41, 5.74) is 3.05. The Labute approximate surface area is 143 Å². The zero-order valence-electron chi connectivity index (χ0n) is 13.5. The first-order valence-corrected chi connectivity index (χ1v) is 7.73. The lowest BCUT2D eigenvalue weighted by molar-refractivity contribution is 0.0946. The summed E-state index contributed by atoms with van der Waals surface area (Å²) in [5, 5.41) is 6.96. The van der Waals surface area contributed by atoms with Crippen LogP contribution in [-0.4, -0.2) is 35.0 Å². The molecule has 25 heavy (non-hydrogen) atoms. The average molecular weight is 333 g/mol. The summed E-state index contributed by atoms with van der Waals surface area (Å²) < 4.78 is 3.39. The Hall–Kier alpha value is -3.55. The van der Waals surface area contributed by atoms with Gasteiger partial charge in [-0.15, -0.1) is 0 Å². The molecule has 4 aromatic rings. The van der Waals surface area contributed by atoms with Crippen LogP contribution >= 0.6 is 0 Å².